The van der Waals surface area contributed by atoms with Crippen molar-refractivity contribution >= 4 is 35.0 Å². The highest BCUT2D eigenvalue weighted by Gasteiger charge is 2.22. The minimum atomic E-state index is -0.00550. The Labute approximate surface area is 180 Å². The van der Waals surface area contributed by atoms with Gasteiger partial charge in [-0.25, -0.2) is 0 Å². The Kier molecular flexibility index (Phi) is 6.95. The van der Waals surface area contributed by atoms with Gasteiger partial charge in [-0.05, 0) is 57.4 Å². The van der Waals surface area contributed by atoms with Gasteiger partial charge < -0.3 is 4.90 Å². The second-order valence-corrected chi connectivity index (χ2v) is 8.25. The number of nitrogens with zero attached hydrogens (tertiary/aromatic N) is 5. The van der Waals surface area contributed by atoms with Crippen molar-refractivity contribution < 1.29 is 4.79 Å². The van der Waals surface area contributed by atoms with E-state index in [0.29, 0.717) is 10.2 Å². The van der Waals surface area contributed by atoms with Crippen LogP contribution in [0, 0.1) is 0 Å². The molecule has 0 bridgehead atoms. The van der Waals surface area contributed by atoms with E-state index >= 15 is 0 Å². The second-order valence-electron chi connectivity index (χ2n) is 6.87. The molecule has 2 aromatic carbocycles. The van der Waals surface area contributed by atoms with Gasteiger partial charge in [-0.1, -0.05) is 41.6 Å². The van der Waals surface area contributed by atoms with E-state index in [1.165, 1.54) is 11.8 Å². The number of para-hydroxylation sites is 1. The highest BCUT2D eigenvalue weighted by Crippen LogP contribution is 2.28. The predicted octanol–water partition coefficient (Wildman–Crippen LogP) is 4.30. The van der Waals surface area contributed by atoms with Gasteiger partial charge in [0.05, 0.1) is 11.8 Å². The van der Waals surface area contributed by atoms with Crippen LogP contribution in [0.25, 0.3) is 5.69 Å². The zero-order chi connectivity index (χ0) is 21.0. The highest BCUT2D eigenvalue weighted by atomic mass is 35.5. The monoisotopic (exact) mass is 429 g/mol. The molecule has 0 saturated carbocycles. The molecule has 3 aromatic rings. The van der Waals surface area contributed by atoms with Crippen LogP contribution in [0.5, 0.6) is 0 Å². The zero-order valence-electron chi connectivity index (χ0n) is 16.9. The van der Waals surface area contributed by atoms with E-state index in [4.69, 9.17) is 11.6 Å². The fourth-order valence-electron chi connectivity index (χ4n) is 2.73. The maximum absolute atomic E-state index is 12.7. The average Bonchev–Trinajstić information content (AvgIpc) is 3.15. The lowest BCUT2D eigenvalue weighted by atomic mass is 10.2. The van der Waals surface area contributed by atoms with E-state index in [-0.39, 0.29) is 17.7 Å². The zero-order valence-corrected chi connectivity index (χ0v) is 18.5. The fraction of sp³-hybridized carbons (Fsp3) is 0.286. The molecular formula is C21H24ClN5OS. The number of carbonyl (C=O) groups excluding carboxylic acids is 1. The van der Waals surface area contributed by atoms with Crippen molar-refractivity contribution in [1.29, 1.82) is 0 Å². The molecule has 8 heteroatoms. The third-order valence-corrected chi connectivity index (χ3v) is 5.90. The quantitative estimate of drug-likeness (QED) is 0.524. The van der Waals surface area contributed by atoms with E-state index in [1.807, 2.05) is 73.3 Å². The third kappa shape index (κ3) is 4.98. The van der Waals surface area contributed by atoms with Crippen LogP contribution in [-0.2, 0) is 4.79 Å². The van der Waals surface area contributed by atoms with Crippen LogP contribution in [0.1, 0.15) is 18.8 Å². The molecule has 0 aliphatic heterocycles. The maximum atomic E-state index is 12.7. The molecule has 1 heterocycles. The van der Waals surface area contributed by atoms with Gasteiger partial charge in [-0.15, -0.1) is 10.2 Å². The van der Waals surface area contributed by atoms with E-state index in [1.54, 1.807) is 11.9 Å². The molecule has 0 aliphatic rings. The summed E-state index contributed by atoms with van der Waals surface area (Å²) in [5, 5.41) is 10.1. The number of amides is 1. The second kappa shape index (κ2) is 9.43. The molecule has 0 radical (unpaired) electrons. The average molecular weight is 430 g/mol. The van der Waals surface area contributed by atoms with E-state index < -0.39 is 0 Å². The van der Waals surface area contributed by atoms with Gasteiger partial charge in [0.1, 0.15) is 0 Å². The van der Waals surface area contributed by atoms with Gasteiger partial charge in [-0.3, -0.25) is 14.3 Å². The van der Waals surface area contributed by atoms with Crippen LogP contribution in [0.4, 0.5) is 5.69 Å². The van der Waals surface area contributed by atoms with Crippen LogP contribution in [0.2, 0.25) is 5.02 Å². The van der Waals surface area contributed by atoms with Gasteiger partial charge in [0, 0.05) is 23.4 Å². The lowest BCUT2D eigenvalue weighted by Crippen LogP contribution is -2.28. The summed E-state index contributed by atoms with van der Waals surface area (Å²) in [6, 6.07) is 17.2. The number of hydrogen-bond acceptors (Lipinski definition) is 5. The van der Waals surface area contributed by atoms with Gasteiger partial charge in [0.2, 0.25) is 5.91 Å². The Balaban J connectivity index is 1.85. The van der Waals surface area contributed by atoms with Crippen LogP contribution in [0.3, 0.4) is 0 Å². The van der Waals surface area contributed by atoms with Crippen molar-refractivity contribution in [3.63, 3.8) is 0 Å². The van der Waals surface area contributed by atoms with Gasteiger partial charge in [0.25, 0.3) is 0 Å². The molecule has 1 aromatic heterocycles. The van der Waals surface area contributed by atoms with E-state index in [9.17, 15) is 4.79 Å². The molecule has 1 atom stereocenters. The summed E-state index contributed by atoms with van der Waals surface area (Å²) in [4.78, 5) is 16.4. The van der Waals surface area contributed by atoms with Gasteiger partial charge in [0.15, 0.2) is 11.0 Å². The first-order valence-corrected chi connectivity index (χ1v) is 10.6. The normalized spacial score (nSPS) is 12.2. The number of carbonyl (C=O) groups is 1. The highest BCUT2D eigenvalue weighted by molar-refractivity contribution is 7.99. The Bertz CT molecular complexity index is 959. The number of halogens is 1. The van der Waals surface area contributed by atoms with Crippen molar-refractivity contribution in [2.45, 2.75) is 18.1 Å². The molecular weight excluding hydrogens is 406 g/mol. The lowest BCUT2D eigenvalue weighted by molar-refractivity contribution is -0.115. The first-order valence-electron chi connectivity index (χ1n) is 9.20. The standard InChI is InChI=1S/C21H24ClN5OS/c1-15(25(2)3)20-23-24-21(27(20)18-12-10-16(22)11-13-18)29-14-19(28)26(4)17-8-6-5-7-9-17/h5-13,15H,14H2,1-4H3. The minimum absolute atomic E-state index is 0.00550. The van der Waals surface area contributed by atoms with Crippen molar-refractivity contribution in [2.75, 3.05) is 31.8 Å². The van der Waals surface area contributed by atoms with Crippen molar-refractivity contribution in [2.24, 2.45) is 0 Å². The molecule has 0 N–H and O–H groups in total. The molecule has 0 aliphatic carbocycles. The van der Waals surface area contributed by atoms with Gasteiger partial charge >= 0.3 is 0 Å². The topological polar surface area (TPSA) is 54.3 Å². The Morgan fingerprint density at radius 2 is 1.72 bits per heavy atom. The molecule has 29 heavy (non-hydrogen) atoms. The van der Waals surface area contributed by atoms with Crippen molar-refractivity contribution in [1.82, 2.24) is 19.7 Å². The Morgan fingerprint density at radius 3 is 2.34 bits per heavy atom. The first kappa shape index (κ1) is 21.4. The van der Waals surface area contributed by atoms with Crippen LogP contribution >= 0.6 is 23.4 Å². The number of rotatable bonds is 7. The molecule has 3 rings (SSSR count). The number of hydrogen-bond donors (Lipinski definition) is 0. The minimum Gasteiger partial charge on any atom is -0.315 e. The summed E-state index contributed by atoms with van der Waals surface area (Å²) in [5.74, 6) is 1.06. The number of benzene rings is 2. The van der Waals surface area contributed by atoms with Crippen molar-refractivity contribution in [3.8, 4) is 5.69 Å². The number of aromatic nitrogens is 3. The summed E-state index contributed by atoms with van der Waals surface area (Å²) in [6.07, 6.45) is 0. The van der Waals surface area contributed by atoms with Crippen LogP contribution in [0.15, 0.2) is 59.8 Å². The van der Waals surface area contributed by atoms with Gasteiger partial charge in [-0.2, -0.15) is 0 Å². The lowest BCUT2D eigenvalue weighted by Gasteiger charge is -2.21. The fourth-order valence-corrected chi connectivity index (χ4v) is 3.73. The molecule has 152 valence electrons. The summed E-state index contributed by atoms with van der Waals surface area (Å²) >= 11 is 7.43. The largest absolute Gasteiger partial charge is 0.315 e. The predicted molar refractivity (Wildman–Crippen MR) is 119 cm³/mol. The van der Waals surface area contributed by atoms with E-state index in [2.05, 4.69) is 22.0 Å². The summed E-state index contributed by atoms with van der Waals surface area (Å²) < 4.78 is 1.99. The summed E-state index contributed by atoms with van der Waals surface area (Å²) in [7, 11) is 5.77. The third-order valence-electron chi connectivity index (χ3n) is 4.73. The molecule has 6 nitrogen and oxygen atoms in total. The number of thioether (sulfide) groups is 1. The molecule has 0 fully saturated rings. The Morgan fingerprint density at radius 1 is 1.07 bits per heavy atom. The SMILES string of the molecule is CC(c1nnc(SCC(=O)N(C)c2ccccc2)n1-c1ccc(Cl)cc1)N(C)C. The van der Waals surface area contributed by atoms with E-state index in [0.717, 1.165) is 17.2 Å². The molecule has 1 amide bonds. The first-order chi connectivity index (χ1) is 13.9. The van der Waals surface area contributed by atoms with Crippen molar-refractivity contribution in [3.05, 3.63) is 65.4 Å². The van der Waals surface area contributed by atoms with Crippen LogP contribution < -0.4 is 4.90 Å². The smallest absolute Gasteiger partial charge is 0.237 e. The Hall–Kier alpha value is -2.35. The molecule has 0 spiro atoms. The summed E-state index contributed by atoms with van der Waals surface area (Å²) in [6.45, 7) is 2.07. The maximum Gasteiger partial charge on any atom is 0.237 e. The van der Waals surface area contributed by atoms with Crippen LogP contribution in [-0.4, -0.2) is 52.5 Å². The molecule has 0 saturated heterocycles. The number of anilines is 1. The summed E-state index contributed by atoms with van der Waals surface area (Å²) in [5.41, 5.74) is 1.77. The molecule has 1 unspecified atom stereocenters.